The van der Waals surface area contributed by atoms with Crippen LogP contribution in [0.2, 0.25) is 0 Å². The van der Waals surface area contributed by atoms with Crippen molar-refractivity contribution in [2.45, 2.75) is 0 Å². The fraction of sp³-hybridized carbons (Fsp3) is 0. The van der Waals surface area contributed by atoms with E-state index in [0.717, 1.165) is 61.2 Å². The van der Waals surface area contributed by atoms with Crippen LogP contribution in [0, 0.1) is 0 Å². The predicted octanol–water partition coefficient (Wildman–Crippen LogP) is 12.3. The average molecular weight is 652 g/mol. The second-order valence-corrected chi connectivity index (χ2v) is 12.8. The van der Waals surface area contributed by atoms with Crippen LogP contribution in [0.5, 0.6) is 11.5 Å². The molecule has 51 heavy (non-hydrogen) atoms. The van der Waals surface area contributed by atoms with E-state index in [1.807, 2.05) is 60.7 Å². The first kappa shape index (κ1) is 29.0. The number of nitrogens with zero attached hydrogens (tertiary/aromatic N) is 3. The normalized spacial score (nSPS) is 11.7. The third-order valence-corrected chi connectivity index (χ3v) is 9.71. The summed E-state index contributed by atoms with van der Waals surface area (Å²) < 4.78 is 6.67. The highest BCUT2D eigenvalue weighted by atomic mass is 16.5. The molecule has 0 N–H and O–H groups in total. The van der Waals surface area contributed by atoms with Gasteiger partial charge in [0, 0.05) is 27.6 Å². The number of ether oxygens (including phenoxy) is 1. The topological polar surface area (TPSA) is 47.9 Å². The van der Waals surface area contributed by atoms with Gasteiger partial charge in [-0.2, -0.15) is 0 Å². The van der Waals surface area contributed by atoms with Gasteiger partial charge in [0.1, 0.15) is 11.5 Å². The van der Waals surface area contributed by atoms with Gasteiger partial charge in [0.15, 0.2) is 17.5 Å². The molecule has 0 saturated carbocycles. The van der Waals surface area contributed by atoms with E-state index in [-0.39, 0.29) is 0 Å². The van der Waals surface area contributed by atoms with Crippen LogP contribution in [0.3, 0.4) is 0 Å². The quantitative estimate of drug-likeness (QED) is 0.186. The number of aromatic nitrogens is 3. The summed E-state index contributed by atoms with van der Waals surface area (Å²) in [5.41, 5.74) is 9.59. The molecule has 4 heteroatoms. The smallest absolute Gasteiger partial charge is 0.164 e. The number of benzene rings is 8. The third kappa shape index (κ3) is 5.13. The van der Waals surface area contributed by atoms with E-state index >= 15 is 0 Å². The molecule has 10 rings (SSSR count). The molecule has 238 valence electrons. The van der Waals surface area contributed by atoms with Gasteiger partial charge < -0.3 is 4.74 Å². The van der Waals surface area contributed by atoms with Crippen molar-refractivity contribution in [1.29, 1.82) is 0 Å². The van der Waals surface area contributed by atoms with Gasteiger partial charge in [0.25, 0.3) is 0 Å². The first-order valence-electron chi connectivity index (χ1n) is 17.1. The molecule has 0 bridgehead atoms. The highest BCUT2D eigenvalue weighted by Gasteiger charge is 2.22. The van der Waals surface area contributed by atoms with Crippen molar-refractivity contribution in [3.63, 3.8) is 0 Å². The molecule has 0 fully saturated rings. The molecule has 9 aromatic rings. The van der Waals surface area contributed by atoms with Crippen LogP contribution in [0.15, 0.2) is 176 Å². The molecule has 1 aliphatic heterocycles. The highest BCUT2D eigenvalue weighted by Crippen LogP contribution is 2.49. The zero-order valence-corrected chi connectivity index (χ0v) is 27.5. The predicted molar refractivity (Wildman–Crippen MR) is 208 cm³/mol. The maximum atomic E-state index is 6.67. The van der Waals surface area contributed by atoms with Crippen LogP contribution in [0.1, 0.15) is 0 Å². The largest absolute Gasteiger partial charge is 0.456 e. The Morgan fingerprint density at radius 1 is 0.314 bits per heavy atom. The second-order valence-electron chi connectivity index (χ2n) is 12.8. The maximum Gasteiger partial charge on any atom is 0.164 e. The molecular weight excluding hydrogens is 623 g/mol. The number of fused-ring (bicyclic) bond motifs is 3. The number of hydrogen-bond donors (Lipinski definition) is 0. The van der Waals surface area contributed by atoms with Crippen LogP contribution in [0.25, 0.3) is 89.1 Å². The first-order valence-corrected chi connectivity index (χ1v) is 17.1. The van der Waals surface area contributed by atoms with Crippen molar-refractivity contribution in [3.8, 4) is 79.0 Å². The fourth-order valence-electron chi connectivity index (χ4n) is 7.20. The van der Waals surface area contributed by atoms with E-state index in [0.29, 0.717) is 17.5 Å². The zero-order valence-electron chi connectivity index (χ0n) is 27.5. The highest BCUT2D eigenvalue weighted by molar-refractivity contribution is 6.10. The molecule has 0 aliphatic carbocycles. The van der Waals surface area contributed by atoms with E-state index < -0.39 is 0 Å². The lowest BCUT2D eigenvalue weighted by molar-refractivity contribution is 0.487. The van der Waals surface area contributed by atoms with Gasteiger partial charge in [-0.25, -0.2) is 15.0 Å². The van der Waals surface area contributed by atoms with Gasteiger partial charge in [-0.15, -0.1) is 0 Å². The lowest BCUT2D eigenvalue weighted by Crippen LogP contribution is -2.00. The van der Waals surface area contributed by atoms with Crippen molar-refractivity contribution in [2.75, 3.05) is 0 Å². The third-order valence-electron chi connectivity index (χ3n) is 9.71. The number of hydrogen-bond acceptors (Lipinski definition) is 4. The molecule has 4 nitrogen and oxygen atoms in total. The van der Waals surface area contributed by atoms with Crippen LogP contribution in [-0.4, -0.2) is 15.0 Å². The molecule has 0 unspecified atom stereocenters. The van der Waals surface area contributed by atoms with E-state index in [1.54, 1.807) is 0 Å². The zero-order chi connectivity index (χ0) is 33.7. The molecular formula is C47H29N3O. The molecule has 2 heterocycles. The Balaban J connectivity index is 1.06. The Labute approximate surface area is 295 Å². The van der Waals surface area contributed by atoms with E-state index in [2.05, 4.69) is 115 Å². The van der Waals surface area contributed by atoms with Crippen molar-refractivity contribution in [1.82, 2.24) is 15.0 Å². The molecule has 0 spiro atoms. The summed E-state index contributed by atoms with van der Waals surface area (Å²) in [5.74, 6) is 3.65. The standard InChI is InChI=1S/C47H29N3O/c1-3-12-31(13-4-1)45-48-46(32-14-5-2-6-15-32)50-47(49-45)37-18-9-17-36(28-37)38-25-26-42-44-40(38)19-10-20-41(44)39-24-23-35(29-43(39)51-42)34-22-21-30-11-7-8-16-33(30)27-34/h1-29H. The van der Waals surface area contributed by atoms with Crippen LogP contribution in [0.4, 0.5) is 0 Å². The molecule has 1 aliphatic rings. The Bertz CT molecular complexity index is 2720. The van der Waals surface area contributed by atoms with Gasteiger partial charge in [0.05, 0.1) is 0 Å². The van der Waals surface area contributed by atoms with E-state index in [4.69, 9.17) is 19.7 Å². The Morgan fingerprint density at radius 3 is 1.67 bits per heavy atom. The van der Waals surface area contributed by atoms with Gasteiger partial charge in [-0.05, 0) is 74.3 Å². The summed E-state index contributed by atoms with van der Waals surface area (Å²) in [4.78, 5) is 14.8. The Kier molecular flexibility index (Phi) is 6.78. The van der Waals surface area contributed by atoms with Gasteiger partial charge in [0.2, 0.25) is 0 Å². The first-order chi connectivity index (χ1) is 25.2. The molecule has 0 atom stereocenters. The summed E-state index contributed by atoms with van der Waals surface area (Å²) in [5, 5.41) is 4.71. The lowest BCUT2D eigenvalue weighted by Gasteiger charge is -2.23. The minimum Gasteiger partial charge on any atom is -0.456 e. The van der Waals surface area contributed by atoms with Crippen molar-refractivity contribution in [2.24, 2.45) is 0 Å². The molecule has 0 saturated heterocycles. The average Bonchev–Trinajstić information content (AvgIpc) is 3.21. The van der Waals surface area contributed by atoms with Crippen molar-refractivity contribution < 1.29 is 4.74 Å². The summed E-state index contributed by atoms with van der Waals surface area (Å²) >= 11 is 0. The molecule has 0 amide bonds. The van der Waals surface area contributed by atoms with Gasteiger partial charge in [-0.1, -0.05) is 146 Å². The summed E-state index contributed by atoms with van der Waals surface area (Å²) in [6, 6.07) is 61.1. The summed E-state index contributed by atoms with van der Waals surface area (Å²) in [6.07, 6.45) is 0. The molecule has 8 aromatic carbocycles. The minimum atomic E-state index is 0.631. The minimum absolute atomic E-state index is 0.631. The van der Waals surface area contributed by atoms with Gasteiger partial charge >= 0.3 is 0 Å². The van der Waals surface area contributed by atoms with E-state index in [9.17, 15) is 0 Å². The Hall–Kier alpha value is -6.91. The number of rotatable bonds is 5. The van der Waals surface area contributed by atoms with Crippen LogP contribution < -0.4 is 4.74 Å². The van der Waals surface area contributed by atoms with Crippen LogP contribution in [-0.2, 0) is 0 Å². The lowest BCUT2D eigenvalue weighted by atomic mass is 9.89. The molecule has 0 radical (unpaired) electrons. The Morgan fingerprint density at radius 2 is 0.902 bits per heavy atom. The molecule has 1 aromatic heterocycles. The monoisotopic (exact) mass is 651 g/mol. The van der Waals surface area contributed by atoms with Crippen molar-refractivity contribution in [3.05, 3.63) is 176 Å². The summed E-state index contributed by atoms with van der Waals surface area (Å²) in [6.45, 7) is 0. The van der Waals surface area contributed by atoms with Crippen LogP contribution >= 0.6 is 0 Å². The van der Waals surface area contributed by atoms with E-state index in [1.165, 1.54) is 21.9 Å². The van der Waals surface area contributed by atoms with Gasteiger partial charge in [-0.3, -0.25) is 0 Å². The fourth-order valence-corrected chi connectivity index (χ4v) is 7.20. The second kappa shape index (κ2) is 11.9. The SMILES string of the molecule is c1ccc(-c2nc(-c3ccccc3)nc(-c3cccc(-c4ccc5c6c(cccc46)-c4ccc(-c6ccc7ccccc7c6)cc4O5)c3)n2)cc1. The van der Waals surface area contributed by atoms with Crippen molar-refractivity contribution >= 4 is 21.5 Å². The maximum absolute atomic E-state index is 6.67. The summed E-state index contributed by atoms with van der Waals surface area (Å²) in [7, 11) is 0.